The molecule has 1 aromatic rings. The largest absolute Gasteiger partial charge is 0.449 e. The molecule has 92 valence electrons. The van der Waals surface area contributed by atoms with E-state index in [9.17, 15) is 4.79 Å². The molecule has 3 nitrogen and oxygen atoms in total. The normalized spacial score (nSPS) is 10.7. The number of para-hydroxylation sites is 1. The second kappa shape index (κ2) is 6.09. The summed E-state index contributed by atoms with van der Waals surface area (Å²) in [5.41, 5.74) is 0.730. The average Bonchev–Trinajstić information content (AvgIpc) is 2.30. The van der Waals surface area contributed by atoms with Gasteiger partial charge in [-0.1, -0.05) is 38.1 Å². The molecule has 17 heavy (non-hydrogen) atoms. The molecule has 0 fully saturated rings. The van der Waals surface area contributed by atoms with Crippen LogP contribution in [0, 0.1) is 5.41 Å². The molecule has 1 aromatic carbocycles. The maximum atomic E-state index is 11.4. The number of hydrogen-bond donors (Lipinski definition) is 1. The number of anilines is 1. The lowest BCUT2D eigenvalue weighted by Gasteiger charge is -2.19. The maximum Gasteiger partial charge on any atom is 0.411 e. The molecule has 0 bridgehead atoms. The van der Waals surface area contributed by atoms with E-state index in [1.165, 1.54) is 0 Å². The number of ether oxygens (including phenoxy) is 1. The van der Waals surface area contributed by atoms with E-state index in [1.54, 1.807) is 0 Å². The fourth-order valence-electron chi connectivity index (χ4n) is 1.18. The van der Waals surface area contributed by atoms with Gasteiger partial charge in [-0.05, 0) is 24.0 Å². The number of amides is 1. The van der Waals surface area contributed by atoms with Crippen molar-refractivity contribution in [1.29, 1.82) is 0 Å². The van der Waals surface area contributed by atoms with Crippen LogP contribution >= 0.6 is 0 Å². The number of hydrogen-bond acceptors (Lipinski definition) is 2. The Hall–Kier alpha value is -1.77. The van der Waals surface area contributed by atoms with Crippen LogP contribution in [0.1, 0.15) is 20.3 Å². The standard InChI is InChI=1S/C14H19NO2/c1-4-14(2,3)10-11-17-13(16)15-12-8-6-5-7-9-12/h4-9H,1,10-11H2,2-3H3,(H,15,16). The molecule has 0 unspecified atom stereocenters. The summed E-state index contributed by atoms with van der Waals surface area (Å²) >= 11 is 0. The SMILES string of the molecule is C=CC(C)(C)CCOC(=O)Nc1ccccc1. The molecule has 0 spiro atoms. The molecule has 0 saturated carbocycles. The van der Waals surface area contributed by atoms with Crippen molar-refractivity contribution in [2.75, 3.05) is 11.9 Å². The Morgan fingerprint density at radius 1 is 1.41 bits per heavy atom. The summed E-state index contributed by atoms with van der Waals surface area (Å²) in [6.07, 6.45) is 2.21. The van der Waals surface area contributed by atoms with Gasteiger partial charge in [-0.15, -0.1) is 6.58 Å². The molecule has 0 aromatic heterocycles. The van der Waals surface area contributed by atoms with E-state index in [0.29, 0.717) is 6.61 Å². The summed E-state index contributed by atoms with van der Waals surface area (Å²) in [6.45, 7) is 8.24. The molecular formula is C14H19NO2. The van der Waals surface area contributed by atoms with Crippen LogP contribution in [0.2, 0.25) is 0 Å². The van der Waals surface area contributed by atoms with Gasteiger partial charge in [0.05, 0.1) is 6.61 Å². The number of allylic oxidation sites excluding steroid dienone is 1. The van der Waals surface area contributed by atoms with E-state index in [0.717, 1.165) is 12.1 Å². The Bertz CT molecular complexity index is 371. The first-order valence-corrected chi connectivity index (χ1v) is 5.66. The van der Waals surface area contributed by atoms with Gasteiger partial charge in [0, 0.05) is 5.69 Å². The van der Waals surface area contributed by atoms with Gasteiger partial charge < -0.3 is 4.74 Å². The van der Waals surface area contributed by atoms with Crippen molar-refractivity contribution in [2.24, 2.45) is 5.41 Å². The van der Waals surface area contributed by atoms with Gasteiger partial charge in [0.25, 0.3) is 0 Å². The Morgan fingerprint density at radius 2 is 2.06 bits per heavy atom. The van der Waals surface area contributed by atoms with E-state index >= 15 is 0 Å². The molecule has 0 saturated heterocycles. The summed E-state index contributed by atoms with van der Waals surface area (Å²) in [6, 6.07) is 9.24. The van der Waals surface area contributed by atoms with Crippen LogP contribution in [0.3, 0.4) is 0 Å². The van der Waals surface area contributed by atoms with Crippen molar-refractivity contribution >= 4 is 11.8 Å². The van der Waals surface area contributed by atoms with Crippen molar-refractivity contribution < 1.29 is 9.53 Å². The number of nitrogens with one attached hydrogen (secondary N) is 1. The lowest BCUT2D eigenvalue weighted by Crippen LogP contribution is -2.18. The second-order valence-electron chi connectivity index (χ2n) is 4.57. The smallest absolute Gasteiger partial charge is 0.411 e. The predicted octanol–water partition coefficient (Wildman–Crippen LogP) is 3.84. The Morgan fingerprint density at radius 3 is 2.65 bits per heavy atom. The third-order valence-electron chi connectivity index (χ3n) is 2.55. The maximum absolute atomic E-state index is 11.4. The average molecular weight is 233 g/mol. The molecule has 0 aliphatic heterocycles. The van der Waals surface area contributed by atoms with Crippen LogP contribution in [0.15, 0.2) is 43.0 Å². The van der Waals surface area contributed by atoms with Crippen LogP contribution in [-0.4, -0.2) is 12.7 Å². The zero-order chi connectivity index (χ0) is 12.7. The van der Waals surface area contributed by atoms with Crippen molar-refractivity contribution in [1.82, 2.24) is 0 Å². The van der Waals surface area contributed by atoms with Gasteiger partial charge in [0.15, 0.2) is 0 Å². The minimum Gasteiger partial charge on any atom is -0.449 e. The van der Waals surface area contributed by atoms with Gasteiger partial charge in [-0.3, -0.25) is 5.32 Å². The van der Waals surface area contributed by atoms with Gasteiger partial charge in [0.1, 0.15) is 0 Å². The quantitative estimate of drug-likeness (QED) is 0.785. The van der Waals surface area contributed by atoms with E-state index in [2.05, 4.69) is 25.7 Å². The van der Waals surface area contributed by atoms with Crippen LogP contribution in [0.5, 0.6) is 0 Å². The molecule has 0 radical (unpaired) electrons. The molecule has 3 heteroatoms. The molecule has 0 aliphatic carbocycles. The second-order valence-corrected chi connectivity index (χ2v) is 4.57. The molecule has 1 rings (SSSR count). The highest BCUT2D eigenvalue weighted by atomic mass is 16.5. The molecule has 1 N–H and O–H groups in total. The summed E-state index contributed by atoms with van der Waals surface area (Å²) in [5, 5.41) is 2.66. The fraction of sp³-hybridized carbons (Fsp3) is 0.357. The molecule has 1 amide bonds. The minimum absolute atomic E-state index is 0.00692. The fourth-order valence-corrected chi connectivity index (χ4v) is 1.18. The van der Waals surface area contributed by atoms with Crippen LogP contribution in [-0.2, 0) is 4.74 Å². The Kier molecular flexibility index (Phi) is 4.76. The van der Waals surface area contributed by atoms with Crippen LogP contribution in [0.25, 0.3) is 0 Å². The van der Waals surface area contributed by atoms with Crippen molar-refractivity contribution in [2.45, 2.75) is 20.3 Å². The summed E-state index contributed by atoms with van der Waals surface area (Å²) in [4.78, 5) is 11.4. The van der Waals surface area contributed by atoms with Gasteiger partial charge in [0.2, 0.25) is 0 Å². The van der Waals surface area contributed by atoms with Gasteiger partial charge in [-0.2, -0.15) is 0 Å². The Labute approximate surface area is 102 Å². The number of benzene rings is 1. The van der Waals surface area contributed by atoms with Gasteiger partial charge >= 0.3 is 6.09 Å². The van der Waals surface area contributed by atoms with Crippen LogP contribution in [0.4, 0.5) is 10.5 Å². The van der Waals surface area contributed by atoms with Gasteiger partial charge in [-0.25, -0.2) is 4.79 Å². The molecule has 0 aliphatic rings. The molecule has 0 atom stereocenters. The first kappa shape index (κ1) is 13.3. The zero-order valence-corrected chi connectivity index (χ0v) is 10.4. The highest BCUT2D eigenvalue weighted by Crippen LogP contribution is 2.20. The third kappa shape index (κ3) is 5.20. The lowest BCUT2D eigenvalue weighted by molar-refractivity contribution is 0.149. The van der Waals surface area contributed by atoms with Crippen molar-refractivity contribution in [3.05, 3.63) is 43.0 Å². The summed E-state index contributed by atoms with van der Waals surface area (Å²) in [7, 11) is 0. The number of carbonyl (C=O) groups excluding carboxylic acids is 1. The van der Waals surface area contributed by atoms with Crippen molar-refractivity contribution in [3.8, 4) is 0 Å². The minimum atomic E-state index is -0.420. The highest BCUT2D eigenvalue weighted by molar-refractivity contribution is 5.84. The van der Waals surface area contributed by atoms with E-state index < -0.39 is 6.09 Å². The van der Waals surface area contributed by atoms with E-state index in [4.69, 9.17) is 4.74 Å². The summed E-state index contributed by atoms with van der Waals surface area (Å²) in [5.74, 6) is 0. The monoisotopic (exact) mass is 233 g/mol. The van der Waals surface area contributed by atoms with E-state index in [1.807, 2.05) is 36.4 Å². The number of carbonyl (C=O) groups is 1. The first-order valence-electron chi connectivity index (χ1n) is 5.66. The first-order chi connectivity index (χ1) is 8.03. The molecule has 0 heterocycles. The predicted molar refractivity (Wildman–Crippen MR) is 70.0 cm³/mol. The third-order valence-corrected chi connectivity index (χ3v) is 2.55. The van der Waals surface area contributed by atoms with Crippen LogP contribution < -0.4 is 5.32 Å². The Balaban J connectivity index is 2.29. The lowest BCUT2D eigenvalue weighted by atomic mass is 9.90. The number of rotatable bonds is 5. The topological polar surface area (TPSA) is 38.3 Å². The van der Waals surface area contributed by atoms with E-state index in [-0.39, 0.29) is 5.41 Å². The van der Waals surface area contributed by atoms with Crippen molar-refractivity contribution in [3.63, 3.8) is 0 Å². The molecular weight excluding hydrogens is 214 g/mol. The highest BCUT2D eigenvalue weighted by Gasteiger charge is 2.13. The zero-order valence-electron chi connectivity index (χ0n) is 10.4. The summed E-state index contributed by atoms with van der Waals surface area (Å²) < 4.78 is 5.09.